The molecule has 2 aromatic rings. The van der Waals surface area contributed by atoms with Crippen LogP contribution in [0.15, 0.2) is 42.5 Å². The van der Waals surface area contributed by atoms with Gasteiger partial charge in [0, 0.05) is 24.8 Å². The summed E-state index contributed by atoms with van der Waals surface area (Å²) in [6, 6.07) is 14.7. The van der Waals surface area contributed by atoms with Gasteiger partial charge in [-0.05, 0) is 36.1 Å². The summed E-state index contributed by atoms with van der Waals surface area (Å²) in [5, 5.41) is 0. The number of rotatable bonds is 2. The highest BCUT2D eigenvalue weighted by Gasteiger charge is 2.15. The van der Waals surface area contributed by atoms with E-state index >= 15 is 0 Å². The SMILES string of the molecule is COc1cc(N2CCCc3ccccc3C2)ccc1N. The number of methoxy groups -OCH3 is 1. The number of nitrogen functional groups attached to an aromatic ring is 1. The highest BCUT2D eigenvalue weighted by molar-refractivity contribution is 5.62. The molecular formula is C17H20N2O. The molecule has 0 spiro atoms. The summed E-state index contributed by atoms with van der Waals surface area (Å²) in [6.45, 7) is 2.00. The summed E-state index contributed by atoms with van der Waals surface area (Å²) in [6.07, 6.45) is 2.32. The lowest BCUT2D eigenvalue weighted by molar-refractivity contribution is 0.417. The van der Waals surface area contributed by atoms with Crippen molar-refractivity contribution in [1.29, 1.82) is 0 Å². The summed E-state index contributed by atoms with van der Waals surface area (Å²) in [4.78, 5) is 2.40. The van der Waals surface area contributed by atoms with Gasteiger partial charge in [0.2, 0.25) is 0 Å². The summed E-state index contributed by atoms with van der Waals surface area (Å²) in [7, 11) is 1.66. The van der Waals surface area contributed by atoms with Crippen molar-refractivity contribution in [3.8, 4) is 5.75 Å². The molecule has 0 radical (unpaired) electrons. The molecule has 1 aliphatic rings. The maximum atomic E-state index is 5.89. The van der Waals surface area contributed by atoms with E-state index in [1.54, 1.807) is 7.11 Å². The molecule has 1 heterocycles. The molecule has 2 aromatic carbocycles. The van der Waals surface area contributed by atoms with Crippen LogP contribution in [0, 0.1) is 0 Å². The van der Waals surface area contributed by atoms with E-state index in [9.17, 15) is 0 Å². The first kappa shape index (κ1) is 12.9. The number of hydrogen-bond acceptors (Lipinski definition) is 3. The van der Waals surface area contributed by atoms with Crippen LogP contribution in [0.5, 0.6) is 5.75 Å². The fraction of sp³-hybridized carbons (Fsp3) is 0.294. The highest BCUT2D eigenvalue weighted by Crippen LogP contribution is 2.30. The number of anilines is 2. The van der Waals surface area contributed by atoms with Crippen molar-refractivity contribution in [1.82, 2.24) is 0 Å². The van der Waals surface area contributed by atoms with Crippen molar-refractivity contribution in [2.24, 2.45) is 0 Å². The number of aryl methyl sites for hydroxylation is 1. The van der Waals surface area contributed by atoms with E-state index in [4.69, 9.17) is 10.5 Å². The third-order valence-electron chi connectivity index (χ3n) is 3.94. The molecule has 0 saturated heterocycles. The maximum Gasteiger partial charge on any atom is 0.143 e. The Bertz CT molecular complexity index is 610. The average Bonchev–Trinajstić information content (AvgIpc) is 2.70. The molecular weight excluding hydrogens is 248 g/mol. The van der Waals surface area contributed by atoms with E-state index in [1.165, 1.54) is 23.2 Å². The van der Waals surface area contributed by atoms with Crippen LogP contribution in [0.2, 0.25) is 0 Å². The van der Waals surface area contributed by atoms with E-state index < -0.39 is 0 Å². The standard InChI is InChI=1S/C17H20N2O/c1-20-17-11-15(8-9-16(17)18)19-10-4-7-13-5-2-3-6-14(13)12-19/h2-3,5-6,8-9,11H,4,7,10,12,18H2,1H3. The molecule has 0 fully saturated rings. The molecule has 104 valence electrons. The Labute approximate surface area is 120 Å². The second-order valence-corrected chi connectivity index (χ2v) is 5.22. The predicted molar refractivity (Wildman–Crippen MR) is 83.2 cm³/mol. The number of ether oxygens (including phenoxy) is 1. The molecule has 0 bridgehead atoms. The second-order valence-electron chi connectivity index (χ2n) is 5.22. The third kappa shape index (κ3) is 2.44. The molecule has 3 heteroatoms. The lowest BCUT2D eigenvalue weighted by Gasteiger charge is -2.24. The van der Waals surface area contributed by atoms with Crippen LogP contribution < -0.4 is 15.4 Å². The van der Waals surface area contributed by atoms with Crippen molar-refractivity contribution in [2.45, 2.75) is 19.4 Å². The number of nitrogens with two attached hydrogens (primary N) is 1. The molecule has 1 aliphatic heterocycles. The van der Waals surface area contributed by atoms with E-state index in [0.29, 0.717) is 5.69 Å². The lowest BCUT2D eigenvalue weighted by atomic mass is 10.0. The minimum Gasteiger partial charge on any atom is -0.495 e. The second kappa shape index (κ2) is 5.45. The quantitative estimate of drug-likeness (QED) is 0.850. The third-order valence-corrected chi connectivity index (χ3v) is 3.94. The molecule has 0 unspecified atom stereocenters. The summed E-state index contributed by atoms with van der Waals surface area (Å²) in [5.74, 6) is 0.750. The van der Waals surface area contributed by atoms with Crippen LogP contribution in [0.25, 0.3) is 0 Å². The Morgan fingerprint density at radius 1 is 1.10 bits per heavy atom. The van der Waals surface area contributed by atoms with Gasteiger partial charge in [-0.1, -0.05) is 24.3 Å². The summed E-state index contributed by atoms with van der Waals surface area (Å²) < 4.78 is 5.33. The zero-order chi connectivity index (χ0) is 13.9. The average molecular weight is 268 g/mol. The minimum absolute atomic E-state index is 0.687. The van der Waals surface area contributed by atoms with E-state index in [2.05, 4.69) is 35.2 Å². The Hall–Kier alpha value is -2.16. The highest BCUT2D eigenvalue weighted by atomic mass is 16.5. The number of fused-ring (bicyclic) bond motifs is 1. The molecule has 2 N–H and O–H groups in total. The normalized spacial score (nSPS) is 14.6. The van der Waals surface area contributed by atoms with Crippen LogP contribution in [-0.2, 0) is 13.0 Å². The molecule has 20 heavy (non-hydrogen) atoms. The zero-order valence-electron chi connectivity index (χ0n) is 11.8. The Balaban J connectivity index is 1.91. The first-order chi connectivity index (χ1) is 9.78. The van der Waals surface area contributed by atoms with Crippen molar-refractivity contribution >= 4 is 11.4 Å². The Morgan fingerprint density at radius 3 is 2.70 bits per heavy atom. The molecule has 3 rings (SSSR count). The number of hydrogen-bond donors (Lipinski definition) is 1. The lowest BCUT2D eigenvalue weighted by Crippen LogP contribution is -2.22. The Morgan fingerprint density at radius 2 is 1.90 bits per heavy atom. The maximum absolute atomic E-state index is 5.89. The van der Waals surface area contributed by atoms with E-state index in [1.807, 2.05) is 12.1 Å². The van der Waals surface area contributed by atoms with Gasteiger partial charge in [0.25, 0.3) is 0 Å². The van der Waals surface area contributed by atoms with Gasteiger partial charge in [-0.25, -0.2) is 0 Å². The molecule has 0 aliphatic carbocycles. The summed E-state index contributed by atoms with van der Waals surface area (Å²) >= 11 is 0. The van der Waals surface area contributed by atoms with Gasteiger partial charge < -0.3 is 15.4 Å². The van der Waals surface area contributed by atoms with Crippen LogP contribution >= 0.6 is 0 Å². The number of benzene rings is 2. The van der Waals surface area contributed by atoms with Crippen LogP contribution in [0.3, 0.4) is 0 Å². The van der Waals surface area contributed by atoms with Crippen molar-refractivity contribution in [2.75, 3.05) is 24.3 Å². The smallest absolute Gasteiger partial charge is 0.143 e. The fourth-order valence-electron chi connectivity index (χ4n) is 2.82. The van der Waals surface area contributed by atoms with Gasteiger partial charge in [0.15, 0.2) is 0 Å². The molecule has 0 aromatic heterocycles. The molecule has 3 nitrogen and oxygen atoms in total. The first-order valence-corrected chi connectivity index (χ1v) is 7.03. The summed E-state index contributed by atoms with van der Waals surface area (Å²) in [5.41, 5.74) is 10.6. The van der Waals surface area contributed by atoms with E-state index in [0.717, 1.165) is 25.3 Å². The van der Waals surface area contributed by atoms with E-state index in [-0.39, 0.29) is 0 Å². The van der Waals surface area contributed by atoms with Crippen LogP contribution in [0.1, 0.15) is 17.5 Å². The van der Waals surface area contributed by atoms with Gasteiger partial charge in [-0.3, -0.25) is 0 Å². The van der Waals surface area contributed by atoms with Gasteiger partial charge >= 0.3 is 0 Å². The predicted octanol–water partition coefficient (Wildman–Crippen LogP) is 3.23. The molecule has 0 amide bonds. The van der Waals surface area contributed by atoms with Crippen LogP contribution in [0.4, 0.5) is 11.4 Å². The number of nitrogens with zero attached hydrogens (tertiary/aromatic N) is 1. The monoisotopic (exact) mass is 268 g/mol. The van der Waals surface area contributed by atoms with Gasteiger partial charge in [0.05, 0.1) is 12.8 Å². The van der Waals surface area contributed by atoms with Gasteiger partial charge in [-0.2, -0.15) is 0 Å². The zero-order valence-corrected chi connectivity index (χ0v) is 11.8. The van der Waals surface area contributed by atoms with Crippen molar-refractivity contribution in [3.05, 3.63) is 53.6 Å². The van der Waals surface area contributed by atoms with Gasteiger partial charge in [0.1, 0.15) is 5.75 Å². The Kier molecular flexibility index (Phi) is 3.50. The molecule has 0 saturated carbocycles. The van der Waals surface area contributed by atoms with Gasteiger partial charge in [-0.15, -0.1) is 0 Å². The molecule has 0 atom stereocenters. The largest absolute Gasteiger partial charge is 0.495 e. The topological polar surface area (TPSA) is 38.5 Å². The van der Waals surface area contributed by atoms with Crippen molar-refractivity contribution < 1.29 is 4.74 Å². The van der Waals surface area contributed by atoms with Crippen molar-refractivity contribution in [3.63, 3.8) is 0 Å². The van der Waals surface area contributed by atoms with Crippen LogP contribution in [-0.4, -0.2) is 13.7 Å². The first-order valence-electron chi connectivity index (χ1n) is 7.03. The fourth-order valence-corrected chi connectivity index (χ4v) is 2.82. The minimum atomic E-state index is 0.687.